The fourth-order valence-electron chi connectivity index (χ4n) is 4.28. The molecular formula is C27H28N4O4. The molecule has 0 fully saturated rings. The van der Waals surface area contributed by atoms with Gasteiger partial charge >= 0.3 is 18.0 Å². The van der Waals surface area contributed by atoms with Gasteiger partial charge in [0.25, 0.3) is 0 Å². The maximum Gasteiger partial charge on any atom is 0.337 e. The molecule has 0 saturated heterocycles. The second-order valence-corrected chi connectivity index (χ2v) is 8.25. The Morgan fingerprint density at radius 3 is 2.43 bits per heavy atom. The van der Waals surface area contributed by atoms with E-state index >= 15 is 0 Å². The first kappa shape index (κ1) is 23.8. The molecule has 1 atom stereocenters. The molecule has 3 aromatic carbocycles. The van der Waals surface area contributed by atoms with E-state index in [9.17, 15) is 14.4 Å². The highest BCUT2D eigenvalue weighted by atomic mass is 16.5. The van der Waals surface area contributed by atoms with E-state index in [1.54, 1.807) is 36.1 Å². The predicted molar refractivity (Wildman–Crippen MR) is 136 cm³/mol. The summed E-state index contributed by atoms with van der Waals surface area (Å²) in [4.78, 5) is 39.4. The van der Waals surface area contributed by atoms with Crippen LogP contribution in [-0.2, 0) is 9.53 Å². The van der Waals surface area contributed by atoms with Crippen molar-refractivity contribution < 1.29 is 19.1 Å². The van der Waals surface area contributed by atoms with Gasteiger partial charge in [0.2, 0.25) is 0 Å². The molecule has 1 heterocycles. The van der Waals surface area contributed by atoms with Crippen molar-refractivity contribution in [3.8, 4) is 0 Å². The summed E-state index contributed by atoms with van der Waals surface area (Å²) in [6, 6.07) is 19.2. The number of methoxy groups -OCH3 is 1. The second kappa shape index (κ2) is 10.3. The summed E-state index contributed by atoms with van der Waals surface area (Å²) in [5, 5.41) is 10.6. The average molecular weight is 473 g/mol. The molecule has 1 unspecified atom stereocenters. The first-order valence-corrected chi connectivity index (χ1v) is 11.5. The van der Waals surface area contributed by atoms with E-state index in [-0.39, 0.29) is 12.1 Å². The summed E-state index contributed by atoms with van der Waals surface area (Å²) in [7, 11) is 1.32. The van der Waals surface area contributed by atoms with Crippen LogP contribution < -0.4 is 16.0 Å². The van der Waals surface area contributed by atoms with E-state index < -0.39 is 12.0 Å². The van der Waals surface area contributed by atoms with Crippen LogP contribution in [0.15, 0.2) is 78.0 Å². The smallest absolute Gasteiger partial charge is 0.337 e. The Bertz CT molecular complexity index is 1290. The van der Waals surface area contributed by atoms with Crippen molar-refractivity contribution in [2.24, 2.45) is 0 Å². The molecule has 35 heavy (non-hydrogen) atoms. The van der Waals surface area contributed by atoms with Gasteiger partial charge in [-0.15, -0.1) is 0 Å². The fourth-order valence-corrected chi connectivity index (χ4v) is 4.28. The van der Waals surface area contributed by atoms with Crippen LogP contribution >= 0.6 is 0 Å². The zero-order valence-electron chi connectivity index (χ0n) is 19.9. The minimum absolute atomic E-state index is 0.265. The van der Waals surface area contributed by atoms with Gasteiger partial charge in [-0.3, -0.25) is 4.90 Å². The number of urea groups is 2. The maximum absolute atomic E-state index is 12.7. The van der Waals surface area contributed by atoms with Crippen LogP contribution in [0.2, 0.25) is 0 Å². The monoisotopic (exact) mass is 472 g/mol. The number of anilines is 2. The molecule has 1 aliphatic heterocycles. The van der Waals surface area contributed by atoms with E-state index in [0.717, 1.165) is 17.2 Å². The van der Waals surface area contributed by atoms with Crippen molar-refractivity contribution in [3.05, 3.63) is 83.6 Å². The number of carbonyl (C=O) groups is 3. The highest BCUT2D eigenvalue weighted by Crippen LogP contribution is 2.32. The van der Waals surface area contributed by atoms with Gasteiger partial charge in [0.05, 0.1) is 24.4 Å². The Morgan fingerprint density at radius 2 is 1.71 bits per heavy atom. The minimum atomic E-state index is -0.651. The van der Waals surface area contributed by atoms with E-state index in [2.05, 4.69) is 16.0 Å². The SMILES string of the molecule is CCCN1C(=O)NC(c2ccc(NC(=O)Nc3cccc4ccccc34)cc2)C(C(=O)OC)=C1C. The number of hydrogen-bond donors (Lipinski definition) is 3. The number of hydrogen-bond acceptors (Lipinski definition) is 4. The lowest BCUT2D eigenvalue weighted by atomic mass is 9.94. The topological polar surface area (TPSA) is 99.8 Å². The molecule has 8 nitrogen and oxygen atoms in total. The number of ether oxygens (including phenoxy) is 1. The van der Waals surface area contributed by atoms with Crippen LogP contribution in [0.5, 0.6) is 0 Å². The first-order valence-electron chi connectivity index (χ1n) is 11.5. The molecule has 0 saturated carbocycles. The lowest BCUT2D eigenvalue weighted by Gasteiger charge is -2.35. The van der Waals surface area contributed by atoms with Crippen LogP contribution in [0, 0.1) is 0 Å². The Kier molecular flexibility index (Phi) is 7.01. The highest BCUT2D eigenvalue weighted by molar-refractivity contribution is 6.06. The summed E-state index contributed by atoms with van der Waals surface area (Å²) >= 11 is 0. The molecule has 0 aliphatic carbocycles. The molecule has 3 N–H and O–H groups in total. The van der Waals surface area contributed by atoms with Crippen molar-refractivity contribution in [3.63, 3.8) is 0 Å². The number of allylic oxidation sites excluding steroid dienone is 1. The van der Waals surface area contributed by atoms with Gasteiger partial charge in [0.1, 0.15) is 0 Å². The zero-order chi connectivity index (χ0) is 24.9. The number of nitrogens with one attached hydrogen (secondary N) is 3. The summed E-state index contributed by atoms with van der Waals surface area (Å²) in [6.07, 6.45) is 0.755. The standard InChI is InChI=1S/C27H28N4O4/c1-4-16-31-17(2)23(25(32)35-3)24(30-27(31)34)19-12-14-20(15-13-19)28-26(33)29-22-11-7-9-18-8-5-6-10-21(18)22/h5-15,24H,4,16H2,1-3H3,(H,30,34)(H2,28,29,33). The van der Waals surface area contributed by atoms with Crippen LogP contribution in [-0.4, -0.2) is 36.6 Å². The highest BCUT2D eigenvalue weighted by Gasteiger charge is 2.35. The van der Waals surface area contributed by atoms with Crippen molar-refractivity contribution in [1.29, 1.82) is 0 Å². The van der Waals surface area contributed by atoms with Crippen molar-refractivity contribution in [2.45, 2.75) is 26.3 Å². The largest absolute Gasteiger partial charge is 0.466 e. The molecule has 0 aromatic heterocycles. The van der Waals surface area contributed by atoms with Gasteiger partial charge < -0.3 is 20.7 Å². The summed E-state index contributed by atoms with van der Waals surface area (Å²) < 4.78 is 5.00. The van der Waals surface area contributed by atoms with Gasteiger partial charge in [0.15, 0.2) is 0 Å². The third-order valence-corrected chi connectivity index (χ3v) is 5.99. The van der Waals surface area contributed by atoms with E-state index in [1.807, 2.05) is 49.4 Å². The van der Waals surface area contributed by atoms with Crippen molar-refractivity contribution in [1.82, 2.24) is 10.2 Å². The summed E-state index contributed by atoms with van der Waals surface area (Å²) in [5.41, 5.74) is 2.94. The van der Waals surface area contributed by atoms with Crippen LogP contribution in [0.3, 0.4) is 0 Å². The number of carbonyl (C=O) groups excluding carboxylic acids is 3. The van der Waals surface area contributed by atoms with Crippen molar-refractivity contribution in [2.75, 3.05) is 24.3 Å². The quantitative estimate of drug-likeness (QED) is 0.418. The van der Waals surface area contributed by atoms with E-state index in [1.165, 1.54) is 7.11 Å². The molecule has 0 radical (unpaired) electrons. The molecule has 3 aromatic rings. The Morgan fingerprint density at radius 1 is 1.00 bits per heavy atom. The van der Waals surface area contributed by atoms with Crippen LogP contribution in [0.4, 0.5) is 21.0 Å². The molecule has 4 amide bonds. The minimum Gasteiger partial charge on any atom is -0.466 e. The fraction of sp³-hybridized carbons (Fsp3) is 0.222. The molecule has 180 valence electrons. The normalized spacial score (nSPS) is 15.6. The molecule has 0 bridgehead atoms. The lowest BCUT2D eigenvalue weighted by molar-refractivity contribution is -0.136. The molecular weight excluding hydrogens is 444 g/mol. The predicted octanol–water partition coefficient (Wildman–Crippen LogP) is 5.41. The number of nitrogens with zero attached hydrogens (tertiary/aromatic N) is 1. The van der Waals surface area contributed by atoms with Gasteiger partial charge in [0, 0.05) is 23.3 Å². The maximum atomic E-state index is 12.7. The van der Waals surface area contributed by atoms with E-state index in [4.69, 9.17) is 4.74 Å². The Hall–Kier alpha value is -4.33. The molecule has 1 aliphatic rings. The second-order valence-electron chi connectivity index (χ2n) is 8.25. The van der Waals surface area contributed by atoms with Crippen LogP contribution in [0.1, 0.15) is 31.9 Å². The van der Waals surface area contributed by atoms with Gasteiger partial charge in [-0.25, -0.2) is 14.4 Å². The third kappa shape index (κ3) is 4.96. The lowest BCUT2D eigenvalue weighted by Crippen LogP contribution is -2.48. The number of benzene rings is 3. The zero-order valence-corrected chi connectivity index (χ0v) is 19.9. The number of rotatable bonds is 6. The van der Waals surface area contributed by atoms with E-state index in [0.29, 0.717) is 34.8 Å². The first-order chi connectivity index (χ1) is 16.9. The van der Waals surface area contributed by atoms with Gasteiger partial charge in [-0.05, 0) is 42.5 Å². The van der Waals surface area contributed by atoms with Gasteiger partial charge in [-0.2, -0.15) is 0 Å². The average Bonchev–Trinajstić information content (AvgIpc) is 2.86. The van der Waals surface area contributed by atoms with Crippen molar-refractivity contribution >= 4 is 40.2 Å². The molecule has 4 rings (SSSR count). The van der Waals surface area contributed by atoms with Crippen LogP contribution in [0.25, 0.3) is 10.8 Å². The van der Waals surface area contributed by atoms with Gasteiger partial charge in [-0.1, -0.05) is 55.5 Å². The Labute approximate surface area is 203 Å². The third-order valence-electron chi connectivity index (χ3n) is 5.99. The summed E-state index contributed by atoms with van der Waals surface area (Å²) in [6.45, 7) is 4.22. The molecule has 8 heteroatoms. The number of fused-ring (bicyclic) bond motifs is 1. The number of amides is 4. The summed E-state index contributed by atoms with van der Waals surface area (Å²) in [5.74, 6) is -0.495. The number of esters is 1. The molecule has 0 spiro atoms. The Balaban J connectivity index is 1.52.